The SMILES string of the molecule is [2H]C([2H])(O)[C@H]1O[C@@H](n2c(C)cc(=O)[nH]c2=O)C(F)(C#CCF)[C@H]1O.[2H]C([2H])(O)[C@H]1O[C@@H](n2cc(F)c(=O)[nH]c2=O)C(F)(C#CCF)[C@H]1O.[2H]C([2H])(O)[C@H]1O[C@@H](n2ccc(=O)[nH]c2=O)C(F)(C#CCF)[C@H]1O.[2H]C([2H])(O)[C@H]1O[C@@H](n2cnc(=O)[nH]c2=O)C(F)(C#CCF)[C@H]1O.[2H]C([2H])(O)[C@H]1O[C@@H](n2ncc(=O)[nH]c2=O)C(F)(C#CCF)[C@H]1O. The number of nitrogens with zero attached hydrogens (tertiary/aromatic N) is 7. The van der Waals surface area contributed by atoms with E-state index in [1.165, 1.54) is 11.9 Å². The van der Waals surface area contributed by atoms with Gasteiger partial charge in [-0.1, -0.05) is 59.2 Å². The Labute approximate surface area is 599 Å². The lowest BCUT2D eigenvalue weighted by atomic mass is 9.96. The van der Waals surface area contributed by atoms with Crippen molar-refractivity contribution in [2.24, 2.45) is 0 Å². The lowest BCUT2D eigenvalue weighted by Crippen LogP contribution is -2.46. The van der Waals surface area contributed by atoms with Crippen LogP contribution >= 0.6 is 0 Å². The highest BCUT2D eigenvalue weighted by atomic mass is 19.2. The number of alkyl halides is 10. The van der Waals surface area contributed by atoms with Crippen LogP contribution in [0.1, 0.15) is 50.5 Å². The summed E-state index contributed by atoms with van der Waals surface area (Å²) in [5, 5.41) is 99.7. The van der Waals surface area contributed by atoms with Gasteiger partial charge in [0, 0.05) is 24.0 Å². The summed E-state index contributed by atoms with van der Waals surface area (Å²) in [4.78, 5) is 126. The van der Waals surface area contributed by atoms with Gasteiger partial charge < -0.3 is 74.7 Å². The Morgan fingerprint density at radius 1 is 0.467 bits per heavy atom. The highest BCUT2D eigenvalue weighted by molar-refractivity contribution is 5.28. The molecule has 20 atom stereocenters. The Morgan fingerprint density at radius 3 is 1.20 bits per heavy atom. The van der Waals surface area contributed by atoms with E-state index >= 15 is 22.0 Å². The van der Waals surface area contributed by atoms with Gasteiger partial charge in [0.2, 0.25) is 40.4 Å². The maximum Gasteiger partial charge on any atom is 0.350 e. The number of ether oxygens (including phenoxy) is 5. The molecule has 0 radical (unpaired) electrons. The minimum Gasteiger partial charge on any atom is -0.394 e. The Balaban J connectivity index is 0.000000227. The zero-order valence-electron chi connectivity index (χ0n) is 63.0. The first-order chi connectivity index (χ1) is 53.9. The van der Waals surface area contributed by atoms with Crippen molar-refractivity contribution in [3.05, 3.63) is 153 Å². The molecule has 0 aliphatic carbocycles. The van der Waals surface area contributed by atoms with Gasteiger partial charge in [0.15, 0.2) is 24.9 Å². The van der Waals surface area contributed by atoms with Crippen LogP contribution in [0.5, 0.6) is 0 Å². The summed E-state index contributed by atoms with van der Waals surface area (Å²) in [5.41, 5.74) is -26.6. The maximum absolute atomic E-state index is 15.2. The molecule has 10 rings (SSSR count). The van der Waals surface area contributed by atoms with Crippen molar-refractivity contribution >= 4 is 0 Å². The van der Waals surface area contributed by atoms with Crippen molar-refractivity contribution < 1.29 is 137 Å². The van der Waals surface area contributed by atoms with E-state index in [2.05, 4.69) is 10.1 Å². The summed E-state index contributed by atoms with van der Waals surface area (Å²) in [5.74, 6) is 15.7. The van der Waals surface area contributed by atoms with Crippen LogP contribution in [0, 0.1) is 71.9 Å². The van der Waals surface area contributed by atoms with Crippen LogP contribution in [-0.2, 0) is 23.7 Å². The van der Waals surface area contributed by atoms with E-state index in [4.69, 9.17) is 37.4 Å². The Bertz CT molecular complexity index is 5150. The second-order valence-electron chi connectivity index (χ2n) is 21.3. The second-order valence-corrected chi connectivity index (χ2v) is 21.3. The van der Waals surface area contributed by atoms with Crippen molar-refractivity contribution in [1.82, 2.24) is 58.0 Å². The molecule has 5 fully saturated rings. The van der Waals surface area contributed by atoms with Gasteiger partial charge in [-0.3, -0.25) is 62.4 Å². The highest BCUT2D eigenvalue weighted by Crippen LogP contribution is 2.45. The van der Waals surface area contributed by atoms with Gasteiger partial charge in [0.05, 0.1) is 52.7 Å². The van der Waals surface area contributed by atoms with Gasteiger partial charge >= 0.3 is 34.1 Å². The van der Waals surface area contributed by atoms with Crippen LogP contribution in [0.25, 0.3) is 0 Å². The molecule has 48 heteroatoms. The molecule has 582 valence electrons. The predicted octanol–water partition coefficient (Wildman–Crippen LogP) is -8.42. The van der Waals surface area contributed by atoms with Crippen molar-refractivity contribution in [2.75, 3.05) is 66.2 Å². The maximum atomic E-state index is 15.2. The Kier molecular flexibility index (Phi) is 24.1. The molecule has 5 aliphatic heterocycles. The third-order valence-electron chi connectivity index (χ3n) is 14.8. The third-order valence-corrected chi connectivity index (χ3v) is 14.8. The molecular weight excluding hydrogens is 1490 g/mol. The second kappa shape index (κ2) is 36.3. The average Bonchev–Trinajstić information content (AvgIpc) is 1.61. The summed E-state index contributed by atoms with van der Waals surface area (Å²) in [6, 6.07) is 1.81. The average molecular weight is 1560 g/mol. The number of H-pyrrole nitrogens is 5. The van der Waals surface area contributed by atoms with Crippen LogP contribution in [0.3, 0.4) is 0 Å². The Hall–Kier alpha value is -10.3. The summed E-state index contributed by atoms with van der Waals surface area (Å²) >= 11 is 0. The van der Waals surface area contributed by atoms with Gasteiger partial charge in [-0.05, 0) is 6.92 Å². The quantitative estimate of drug-likeness (QED) is 0.0456. The number of rotatable bonds is 10. The first-order valence-electron chi connectivity index (χ1n) is 33.9. The molecule has 15 N–H and O–H groups in total. The summed E-state index contributed by atoms with van der Waals surface area (Å²) in [6.07, 6.45) is -30.6. The zero-order valence-corrected chi connectivity index (χ0v) is 53.0. The van der Waals surface area contributed by atoms with Gasteiger partial charge in [-0.25, -0.2) is 72.7 Å². The number of halogens is 11. The van der Waals surface area contributed by atoms with E-state index in [0.29, 0.717) is 26.2 Å². The summed E-state index contributed by atoms with van der Waals surface area (Å²) < 4.78 is 248. The molecule has 37 nitrogen and oxygen atoms in total. The number of aliphatic hydroxyl groups excluding tert-OH is 5. The molecule has 107 heavy (non-hydrogen) atoms. The van der Waals surface area contributed by atoms with Gasteiger partial charge in [0.25, 0.3) is 22.2 Å². The number of aromatic amines is 5. The lowest BCUT2D eigenvalue weighted by molar-refractivity contribution is -0.0611. The lowest BCUT2D eigenvalue weighted by Gasteiger charge is -2.25. The molecule has 0 saturated carbocycles. The van der Waals surface area contributed by atoms with Crippen molar-refractivity contribution in [1.29, 1.82) is 0 Å². The van der Waals surface area contributed by atoms with E-state index in [9.17, 15) is 125 Å². The molecule has 5 aromatic rings. The minimum atomic E-state index is -3.26. The molecule has 0 aromatic carbocycles. The van der Waals surface area contributed by atoms with Crippen LogP contribution in [0.2, 0.25) is 0 Å². The molecule has 5 aliphatic rings. The van der Waals surface area contributed by atoms with E-state index in [-0.39, 0.29) is 21.1 Å². The topological polar surface area (TPSA) is 549 Å². The number of nitrogens with one attached hydrogen (secondary N) is 5. The summed E-state index contributed by atoms with van der Waals surface area (Å²) in [7, 11) is 0. The number of aryl methyl sites for hydroxylation is 1. The highest BCUT2D eigenvalue weighted by Gasteiger charge is 2.62. The third kappa shape index (κ3) is 18.1. The first kappa shape index (κ1) is 71.0. The standard InChI is InChI=1S/C13H14F2N2O5.C12H11F3N2O5.C12H12F2N2O5.2C11H11F2N3O5/c1-7-5-9(19)16-12(21)17(7)11-13(15,3-2-4-14)10(20)8(6-18)22-11;13-3-1-2-12(15)8(19)7(5-18)22-10(12)17-4-6(14)9(20)16-11(17)21;13-4-1-3-12(14)9(19)7(6-17)21-10(12)16-5-2-8(18)15-11(16)20;12-3-1-2-11(13)8(19)6(5-17)21-9(11)16-10(20)15-7(18)4-14-16;12-3-1-2-11(13)7(18)6(4-17)21-8(11)16-5-14-9(19)15-10(16)20/h5,8,10-11,18,20H,4,6H2,1H3,(H,16,19,21);4,7-8,10,18-19H,3,5H2,(H,16,20,21);2,5,7,9-10,17,19H,4,6H2,(H,15,18,20);4,6,8-9,17,19H,3,5H2,(H,15,18,20);5-8,17-18H,3-4H2,(H,15,19,20)/t8-,10+,11-,13?;7-,8+,10-,12?;7-,9+,10-,12?;6-,8+,9-,11?;6-,7+,8-,11?/m11111/s1/i6D2;5D2;6D2;5D2;4D2. The number of hydrogen-bond acceptors (Lipinski definition) is 27. The number of aromatic nitrogens is 12. The molecule has 5 saturated heterocycles. The largest absolute Gasteiger partial charge is 0.394 e. The number of hydrogen-bond donors (Lipinski definition) is 15. The minimum absolute atomic E-state index is 0.0656. The van der Waals surface area contributed by atoms with Crippen molar-refractivity contribution in [3.8, 4) is 59.2 Å². The van der Waals surface area contributed by atoms with E-state index in [1.807, 2.05) is 9.97 Å². The van der Waals surface area contributed by atoms with Crippen LogP contribution in [0.4, 0.5) is 48.3 Å². The normalized spacial score (nSPS) is 33.4. The van der Waals surface area contributed by atoms with Crippen LogP contribution in [-0.4, -0.2) is 265 Å². The molecule has 0 bridgehead atoms. The molecule has 0 spiro atoms. The number of aliphatic hydroxyl groups is 10. The van der Waals surface area contributed by atoms with E-state index < -0.39 is 249 Å². The van der Waals surface area contributed by atoms with Crippen molar-refractivity contribution in [3.63, 3.8) is 0 Å². The molecule has 5 unspecified atom stereocenters. The van der Waals surface area contributed by atoms with Crippen molar-refractivity contribution in [2.45, 2.75) is 127 Å². The van der Waals surface area contributed by atoms with Gasteiger partial charge in [-0.15, -0.1) is 0 Å². The molecule has 10 heterocycles. The van der Waals surface area contributed by atoms with Gasteiger partial charge in [-0.2, -0.15) is 19.2 Å². The first-order valence-corrected chi connectivity index (χ1v) is 28.9. The molecular formula is C59H59F11N12O25. The summed E-state index contributed by atoms with van der Waals surface area (Å²) in [6.45, 7) is -21.1. The fourth-order valence-corrected chi connectivity index (χ4v) is 9.92. The predicted molar refractivity (Wildman–Crippen MR) is 330 cm³/mol. The fraction of sp³-hybridized carbons (Fsp3) is 0.525. The molecule has 5 aromatic heterocycles. The van der Waals surface area contributed by atoms with Crippen LogP contribution < -0.4 is 56.4 Å². The molecule has 0 amide bonds. The Morgan fingerprint density at radius 2 is 0.813 bits per heavy atom. The van der Waals surface area contributed by atoms with E-state index in [1.54, 1.807) is 69.2 Å². The zero-order chi connectivity index (χ0) is 88.8. The van der Waals surface area contributed by atoms with E-state index in [0.717, 1.165) is 18.3 Å². The smallest absolute Gasteiger partial charge is 0.350 e. The van der Waals surface area contributed by atoms with Gasteiger partial charge in [0.1, 0.15) is 107 Å². The monoisotopic (exact) mass is 1550 g/mol. The van der Waals surface area contributed by atoms with Crippen LogP contribution in [0.15, 0.2) is 85.0 Å². The fourth-order valence-electron chi connectivity index (χ4n) is 9.92.